The molecule has 0 saturated heterocycles. The lowest BCUT2D eigenvalue weighted by Gasteiger charge is -2.09. The summed E-state index contributed by atoms with van der Waals surface area (Å²) in [6.45, 7) is 8.52. The Balaban J connectivity index is 2.16. The Labute approximate surface area is 110 Å². The number of nitrogens with zero attached hydrogens (tertiary/aromatic N) is 2. The third kappa shape index (κ3) is 2.69. The Morgan fingerprint density at radius 2 is 2.00 bits per heavy atom. The maximum atomic E-state index is 4.44. The first-order valence-corrected chi connectivity index (χ1v) is 6.79. The second kappa shape index (κ2) is 5.47. The van der Waals surface area contributed by atoms with Gasteiger partial charge in [0.15, 0.2) is 0 Å². The number of hydrogen-bond donors (Lipinski definition) is 0. The van der Waals surface area contributed by atoms with Crippen LogP contribution in [0.5, 0.6) is 0 Å². The summed E-state index contributed by atoms with van der Waals surface area (Å²) in [6.07, 6.45) is 8.94. The highest BCUT2D eigenvalue weighted by molar-refractivity contribution is 5.44. The molecular weight excluding hydrogens is 220 g/mol. The fourth-order valence-electron chi connectivity index (χ4n) is 2.56. The summed E-state index contributed by atoms with van der Waals surface area (Å²) >= 11 is 0. The Kier molecular flexibility index (Phi) is 3.95. The van der Waals surface area contributed by atoms with Crippen LogP contribution in [-0.4, -0.2) is 9.97 Å². The van der Waals surface area contributed by atoms with Crippen LogP contribution in [0.1, 0.15) is 50.2 Å². The molecule has 0 atom stereocenters. The molecule has 0 amide bonds. The van der Waals surface area contributed by atoms with Gasteiger partial charge in [-0.2, -0.15) is 0 Å². The van der Waals surface area contributed by atoms with Gasteiger partial charge in [-0.1, -0.05) is 25.0 Å². The van der Waals surface area contributed by atoms with E-state index in [2.05, 4.69) is 36.8 Å². The molecule has 1 aromatic rings. The zero-order chi connectivity index (χ0) is 13.1. The molecule has 1 aromatic heterocycles. The molecule has 0 unspecified atom stereocenters. The van der Waals surface area contributed by atoms with Crippen LogP contribution >= 0.6 is 0 Å². The van der Waals surface area contributed by atoms with E-state index in [4.69, 9.17) is 0 Å². The predicted octanol–water partition coefficient (Wildman–Crippen LogP) is 4.08. The first-order chi connectivity index (χ1) is 8.61. The van der Waals surface area contributed by atoms with Gasteiger partial charge in [-0.05, 0) is 50.3 Å². The molecule has 0 aromatic carbocycles. The molecule has 1 aliphatic rings. The highest BCUT2D eigenvalue weighted by Crippen LogP contribution is 2.31. The van der Waals surface area contributed by atoms with E-state index in [1.165, 1.54) is 29.6 Å². The van der Waals surface area contributed by atoms with Gasteiger partial charge in [0.05, 0.1) is 0 Å². The van der Waals surface area contributed by atoms with Crippen molar-refractivity contribution in [3.8, 4) is 0 Å². The number of rotatable bonds is 4. The van der Waals surface area contributed by atoms with Crippen molar-refractivity contribution in [1.82, 2.24) is 9.97 Å². The SMILES string of the molecule is CCCC1=C(C)C(Cc2cnc(C)nc2C)=CC1. The highest BCUT2D eigenvalue weighted by Gasteiger charge is 2.14. The monoisotopic (exact) mass is 242 g/mol. The van der Waals surface area contributed by atoms with E-state index in [1.807, 2.05) is 13.1 Å². The topological polar surface area (TPSA) is 25.8 Å². The Hall–Kier alpha value is -1.44. The van der Waals surface area contributed by atoms with E-state index in [0.717, 1.165) is 24.4 Å². The Morgan fingerprint density at radius 1 is 1.22 bits per heavy atom. The molecule has 0 fully saturated rings. The molecule has 0 aliphatic heterocycles. The number of aryl methyl sites for hydroxylation is 2. The van der Waals surface area contributed by atoms with Gasteiger partial charge in [0.1, 0.15) is 5.82 Å². The first-order valence-electron chi connectivity index (χ1n) is 6.79. The van der Waals surface area contributed by atoms with Crippen molar-refractivity contribution in [2.24, 2.45) is 0 Å². The largest absolute Gasteiger partial charge is 0.241 e. The molecule has 0 spiro atoms. The molecule has 0 bridgehead atoms. The number of hydrogen-bond acceptors (Lipinski definition) is 2. The van der Waals surface area contributed by atoms with E-state index in [0.29, 0.717) is 0 Å². The highest BCUT2D eigenvalue weighted by atomic mass is 14.9. The summed E-state index contributed by atoms with van der Waals surface area (Å²) in [5, 5.41) is 0. The molecule has 2 nitrogen and oxygen atoms in total. The van der Waals surface area contributed by atoms with Gasteiger partial charge in [0, 0.05) is 18.3 Å². The first kappa shape index (κ1) is 13.0. The molecule has 2 heteroatoms. The maximum absolute atomic E-state index is 4.44. The minimum absolute atomic E-state index is 0.857. The van der Waals surface area contributed by atoms with Crippen molar-refractivity contribution >= 4 is 0 Å². The van der Waals surface area contributed by atoms with Crippen molar-refractivity contribution < 1.29 is 0 Å². The van der Waals surface area contributed by atoms with E-state index in [1.54, 1.807) is 5.57 Å². The third-order valence-corrected chi connectivity index (χ3v) is 3.74. The Bertz CT molecular complexity index is 510. The molecule has 18 heavy (non-hydrogen) atoms. The van der Waals surface area contributed by atoms with Crippen LogP contribution in [0.25, 0.3) is 0 Å². The quantitative estimate of drug-likeness (QED) is 0.795. The lowest BCUT2D eigenvalue weighted by Crippen LogP contribution is -2.00. The van der Waals surface area contributed by atoms with Crippen molar-refractivity contribution in [2.75, 3.05) is 0 Å². The zero-order valence-corrected chi connectivity index (χ0v) is 11.9. The van der Waals surface area contributed by atoms with Gasteiger partial charge in [0.25, 0.3) is 0 Å². The van der Waals surface area contributed by atoms with Gasteiger partial charge < -0.3 is 0 Å². The molecule has 0 N–H and O–H groups in total. The molecule has 1 aliphatic carbocycles. The Morgan fingerprint density at radius 3 is 2.67 bits per heavy atom. The second-order valence-corrected chi connectivity index (χ2v) is 5.12. The number of allylic oxidation sites excluding steroid dienone is 4. The lowest BCUT2D eigenvalue weighted by atomic mass is 9.99. The number of aromatic nitrogens is 2. The van der Waals surface area contributed by atoms with Crippen molar-refractivity contribution in [2.45, 2.75) is 53.4 Å². The predicted molar refractivity (Wildman–Crippen MR) is 75.5 cm³/mol. The van der Waals surface area contributed by atoms with Gasteiger partial charge >= 0.3 is 0 Å². The fourth-order valence-corrected chi connectivity index (χ4v) is 2.56. The molecule has 2 rings (SSSR count). The molecule has 1 heterocycles. The van der Waals surface area contributed by atoms with Gasteiger partial charge in [-0.15, -0.1) is 0 Å². The summed E-state index contributed by atoms with van der Waals surface area (Å²) in [5.41, 5.74) is 6.94. The molecule has 0 radical (unpaired) electrons. The average Bonchev–Trinajstić information content (AvgIpc) is 2.66. The second-order valence-electron chi connectivity index (χ2n) is 5.12. The van der Waals surface area contributed by atoms with Crippen LogP contribution in [0.4, 0.5) is 0 Å². The summed E-state index contributed by atoms with van der Waals surface area (Å²) in [6, 6.07) is 0. The third-order valence-electron chi connectivity index (χ3n) is 3.74. The zero-order valence-electron chi connectivity index (χ0n) is 11.9. The maximum Gasteiger partial charge on any atom is 0.125 e. The van der Waals surface area contributed by atoms with Gasteiger partial charge in [-0.3, -0.25) is 0 Å². The van der Waals surface area contributed by atoms with Crippen molar-refractivity contribution in [3.05, 3.63) is 46.1 Å². The fraction of sp³-hybridized carbons (Fsp3) is 0.500. The van der Waals surface area contributed by atoms with Crippen LogP contribution in [0.15, 0.2) is 29.0 Å². The van der Waals surface area contributed by atoms with Crippen LogP contribution in [0.2, 0.25) is 0 Å². The summed E-state index contributed by atoms with van der Waals surface area (Å²) < 4.78 is 0. The summed E-state index contributed by atoms with van der Waals surface area (Å²) in [4.78, 5) is 8.75. The van der Waals surface area contributed by atoms with Crippen molar-refractivity contribution in [3.63, 3.8) is 0 Å². The smallest absolute Gasteiger partial charge is 0.125 e. The van der Waals surface area contributed by atoms with E-state index in [-0.39, 0.29) is 0 Å². The van der Waals surface area contributed by atoms with Gasteiger partial charge in [0.2, 0.25) is 0 Å². The minimum atomic E-state index is 0.857. The van der Waals surface area contributed by atoms with E-state index >= 15 is 0 Å². The van der Waals surface area contributed by atoms with Crippen LogP contribution in [-0.2, 0) is 6.42 Å². The lowest BCUT2D eigenvalue weighted by molar-refractivity contribution is 0.877. The summed E-state index contributed by atoms with van der Waals surface area (Å²) in [5.74, 6) is 0.857. The van der Waals surface area contributed by atoms with Gasteiger partial charge in [-0.25, -0.2) is 9.97 Å². The van der Waals surface area contributed by atoms with E-state index in [9.17, 15) is 0 Å². The minimum Gasteiger partial charge on any atom is -0.241 e. The molecular formula is C16H22N2. The van der Waals surface area contributed by atoms with Crippen LogP contribution in [0, 0.1) is 13.8 Å². The van der Waals surface area contributed by atoms with E-state index < -0.39 is 0 Å². The summed E-state index contributed by atoms with van der Waals surface area (Å²) in [7, 11) is 0. The standard InChI is InChI=1S/C16H22N2/c1-5-6-14-7-8-15(11(14)2)9-16-10-17-13(4)18-12(16)3/h8,10H,5-7,9H2,1-4H3. The average molecular weight is 242 g/mol. The molecule has 96 valence electrons. The van der Waals surface area contributed by atoms with Crippen LogP contribution in [0.3, 0.4) is 0 Å². The van der Waals surface area contributed by atoms with Crippen molar-refractivity contribution in [1.29, 1.82) is 0 Å². The normalized spacial score (nSPS) is 15.2. The molecule has 0 saturated carbocycles. The van der Waals surface area contributed by atoms with Crippen LogP contribution < -0.4 is 0 Å².